The lowest BCUT2D eigenvalue weighted by atomic mass is 9.78. The number of carbonyl (C=O) groups excluding carboxylic acids is 1. The molecule has 0 radical (unpaired) electrons. The molecule has 1 heterocycles. The summed E-state index contributed by atoms with van der Waals surface area (Å²) >= 11 is 0. The van der Waals surface area contributed by atoms with Crippen LogP contribution >= 0.6 is 0 Å². The van der Waals surface area contributed by atoms with Crippen LogP contribution in [0.25, 0.3) is 10.9 Å². The molecule has 0 saturated carbocycles. The van der Waals surface area contributed by atoms with Gasteiger partial charge in [-0.3, -0.25) is 9.59 Å². The standard InChI is InChI=1S/C21H18N2O2/c1-14(24)18-10-16-8-9-17(11-19(16)23-20(18)25)21(2,13-22)12-15-6-4-3-5-7-15/h3-11H,12H2,1-2H3,(H,23,25). The number of aromatic amines is 1. The summed E-state index contributed by atoms with van der Waals surface area (Å²) in [4.78, 5) is 26.3. The average molecular weight is 330 g/mol. The zero-order chi connectivity index (χ0) is 18.0. The normalized spacial score (nSPS) is 13.2. The highest BCUT2D eigenvalue weighted by molar-refractivity contribution is 5.97. The molecule has 0 fully saturated rings. The lowest BCUT2D eigenvalue weighted by Crippen LogP contribution is -2.23. The van der Waals surface area contributed by atoms with E-state index in [1.165, 1.54) is 6.92 Å². The van der Waals surface area contributed by atoms with E-state index in [-0.39, 0.29) is 11.3 Å². The van der Waals surface area contributed by atoms with E-state index in [0.717, 1.165) is 16.5 Å². The van der Waals surface area contributed by atoms with E-state index in [1.54, 1.807) is 6.07 Å². The van der Waals surface area contributed by atoms with Gasteiger partial charge in [-0.05, 0) is 48.9 Å². The number of pyridine rings is 1. The van der Waals surface area contributed by atoms with E-state index in [9.17, 15) is 14.9 Å². The summed E-state index contributed by atoms with van der Waals surface area (Å²) in [6.45, 7) is 3.26. The molecule has 2 aromatic carbocycles. The number of benzene rings is 2. The third-order valence-electron chi connectivity index (χ3n) is 4.51. The lowest BCUT2D eigenvalue weighted by Gasteiger charge is -2.22. The third kappa shape index (κ3) is 3.22. The number of H-pyrrole nitrogens is 1. The SMILES string of the molecule is CC(=O)c1cc2ccc(C(C)(C#N)Cc3ccccc3)cc2[nH]c1=O. The van der Waals surface area contributed by atoms with Crippen molar-refractivity contribution in [1.82, 2.24) is 4.98 Å². The molecule has 0 aliphatic rings. The number of Topliss-reactive ketones (excluding diaryl/α,β-unsaturated/α-hetero) is 1. The number of nitriles is 1. The highest BCUT2D eigenvalue weighted by atomic mass is 16.1. The molecule has 0 bridgehead atoms. The second-order valence-corrected chi connectivity index (χ2v) is 6.48. The second kappa shape index (κ2) is 6.37. The molecule has 1 aromatic heterocycles. The summed E-state index contributed by atoms with van der Waals surface area (Å²) in [6, 6.07) is 19.4. The van der Waals surface area contributed by atoms with Gasteiger partial charge in [-0.1, -0.05) is 42.5 Å². The molecule has 4 heteroatoms. The van der Waals surface area contributed by atoms with Gasteiger partial charge in [0.15, 0.2) is 5.78 Å². The molecule has 124 valence electrons. The highest BCUT2D eigenvalue weighted by Gasteiger charge is 2.27. The number of aromatic nitrogens is 1. The van der Waals surface area contributed by atoms with Gasteiger partial charge in [0.1, 0.15) is 0 Å². The predicted molar refractivity (Wildman–Crippen MR) is 97.7 cm³/mol. The van der Waals surface area contributed by atoms with Crippen LogP contribution in [0.2, 0.25) is 0 Å². The Morgan fingerprint density at radius 1 is 1.16 bits per heavy atom. The number of fused-ring (bicyclic) bond motifs is 1. The molecule has 0 aliphatic heterocycles. The molecule has 0 aliphatic carbocycles. The molecular weight excluding hydrogens is 312 g/mol. The molecule has 4 nitrogen and oxygen atoms in total. The molecule has 0 spiro atoms. The Balaban J connectivity index is 2.08. The van der Waals surface area contributed by atoms with Crippen LogP contribution in [0.3, 0.4) is 0 Å². The number of hydrogen-bond donors (Lipinski definition) is 1. The van der Waals surface area contributed by atoms with E-state index in [0.29, 0.717) is 11.9 Å². The molecule has 1 N–H and O–H groups in total. The van der Waals surface area contributed by atoms with Gasteiger partial charge >= 0.3 is 0 Å². The Bertz CT molecular complexity index is 1040. The highest BCUT2D eigenvalue weighted by Crippen LogP contribution is 2.29. The topological polar surface area (TPSA) is 73.7 Å². The number of rotatable bonds is 4. The Hall–Kier alpha value is -3.19. The maximum Gasteiger partial charge on any atom is 0.259 e. The van der Waals surface area contributed by atoms with Crippen LogP contribution in [-0.2, 0) is 11.8 Å². The van der Waals surface area contributed by atoms with E-state index in [2.05, 4.69) is 11.1 Å². The Kier molecular flexibility index (Phi) is 4.24. The van der Waals surface area contributed by atoms with Crippen molar-refractivity contribution in [3.05, 3.63) is 81.6 Å². The van der Waals surface area contributed by atoms with Gasteiger partial charge in [0.25, 0.3) is 5.56 Å². The smallest absolute Gasteiger partial charge is 0.259 e. The molecule has 0 saturated heterocycles. The van der Waals surface area contributed by atoms with Crippen molar-refractivity contribution < 1.29 is 4.79 Å². The molecule has 1 atom stereocenters. The number of nitrogens with one attached hydrogen (secondary N) is 1. The summed E-state index contributed by atoms with van der Waals surface area (Å²) in [5.74, 6) is -0.266. The maximum absolute atomic E-state index is 12.1. The largest absolute Gasteiger partial charge is 0.321 e. The fourth-order valence-electron chi connectivity index (χ4n) is 3.02. The van der Waals surface area contributed by atoms with Gasteiger partial charge in [-0.15, -0.1) is 0 Å². The summed E-state index contributed by atoms with van der Waals surface area (Å²) in [7, 11) is 0. The van der Waals surface area contributed by atoms with Crippen LogP contribution in [0.4, 0.5) is 0 Å². The average Bonchev–Trinajstić information content (AvgIpc) is 2.61. The van der Waals surface area contributed by atoms with Crippen molar-refractivity contribution in [3.8, 4) is 6.07 Å². The third-order valence-corrected chi connectivity index (χ3v) is 4.51. The van der Waals surface area contributed by atoms with Crippen molar-refractivity contribution in [2.75, 3.05) is 0 Å². The molecule has 3 aromatic rings. The van der Waals surface area contributed by atoms with Gasteiger partial charge in [0, 0.05) is 5.52 Å². The maximum atomic E-state index is 12.1. The van der Waals surface area contributed by atoms with Crippen molar-refractivity contribution in [1.29, 1.82) is 5.26 Å². The van der Waals surface area contributed by atoms with Gasteiger partial charge in [-0.2, -0.15) is 5.26 Å². The van der Waals surface area contributed by atoms with Crippen LogP contribution in [-0.4, -0.2) is 10.8 Å². The fourth-order valence-corrected chi connectivity index (χ4v) is 3.02. The van der Waals surface area contributed by atoms with Crippen LogP contribution in [0.1, 0.15) is 35.3 Å². The van der Waals surface area contributed by atoms with E-state index in [1.807, 2.05) is 55.5 Å². The molecule has 25 heavy (non-hydrogen) atoms. The van der Waals surface area contributed by atoms with Crippen molar-refractivity contribution in [3.63, 3.8) is 0 Å². The van der Waals surface area contributed by atoms with Crippen LogP contribution < -0.4 is 5.56 Å². The first-order valence-corrected chi connectivity index (χ1v) is 8.07. The molecule has 0 amide bonds. The number of ketones is 1. The monoisotopic (exact) mass is 330 g/mol. The molecule has 3 rings (SSSR count). The second-order valence-electron chi connectivity index (χ2n) is 6.48. The quantitative estimate of drug-likeness (QED) is 0.740. The number of carbonyl (C=O) groups is 1. The van der Waals surface area contributed by atoms with Crippen molar-refractivity contribution in [2.24, 2.45) is 0 Å². The Morgan fingerprint density at radius 3 is 2.52 bits per heavy atom. The summed E-state index contributed by atoms with van der Waals surface area (Å²) < 4.78 is 0. The minimum Gasteiger partial charge on any atom is -0.321 e. The van der Waals surface area contributed by atoms with Crippen molar-refractivity contribution >= 4 is 16.7 Å². The van der Waals surface area contributed by atoms with Gasteiger partial charge in [0.05, 0.1) is 17.0 Å². The van der Waals surface area contributed by atoms with Crippen molar-refractivity contribution in [2.45, 2.75) is 25.7 Å². The zero-order valence-corrected chi connectivity index (χ0v) is 14.2. The first-order chi connectivity index (χ1) is 11.9. The fraction of sp³-hybridized carbons (Fsp3) is 0.190. The Morgan fingerprint density at radius 2 is 1.88 bits per heavy atom. The summed E-state index contributed by atoms with van der Waals surface area (Å²) in [5.41, 5.74) is 1.56. The first-order valence-electron chi connectivity index (χ1n) is 8.07. The van der Waals surface area contributed by atoms with E-state index < -0.39 is 11.0 Å². The minimum atomic E-state index is -0.717. The van der Waals surface area contributed by atoms with Crippen LogP contribution in [0, 0.1) is 11.3 Å². The van der Waals surface area contributed by atoms with E-state index >= 15 is 0 Å². The zero-order valence-electron chi connectivity index (χ0n) is 14.2. The molecule has 1 unspecified atom stereocenters. The lowest BCUT2D eigenvalue weighted by molar-refractivity contribution is 0.101. The van der Waals surface area contributed by atoms with Gasteiger partial charge in [0.2, 0.25) is 0 Å². The van der Waals surface area contributed by atoms with E-state index in [4.69, 9.17) is 0 Å². The van der Waals surface area contributed by atoms with Gasteiger partial charge < -0.3 is 4.98 Å². The number of hydrogen-bond acceptors (Lipinski definition) is 3. The van der Waals surface area contributed by atoms with Gasteiger partial charge in [-0.25, -0.2) is 0 Å². The summed E-state index contributed by atoms with van der Waals surface area (Å²) in [5, 5.41) is 10.5. The first kappa shape index (κ1) is 16.7. The van der Waals surface area contributed by atoms with Crippen LogP contribution in [0.5, 0.6) is 0 Å². The summed E-state index contributed by atoms with van der Waals surface area (Å²) in [6.07, 6.45) is 0.575. The van der Waals surface area contributed by atoms with Crippen LogP contribution in [0.15, 0.2) is 59.4 Å². The molecular formula is C21H18N2O2. The Labute approximate surface area is 145 Å². The predicted octanol–water partition coefficient (Wildman–Crippen LogP) is 3.75. The number of nitrogens with zero attached hydrogens (tertiary/aromatic N) is 1. The minimum absolute atomic E-state index is 0.146.